The molecule has 0 saturated carbocycles. The zero-order chi connectivity index (χ0) is 11.4. The number of nitrogens with zero attached hydrogens (tertiary/aromatic N) is 2. The van der Waals surface area contributed by atoms with Crippen molar-refractivity contribution in [1.29, 1.82) is 0 Å². The maximum atomic E-state index is 4.31. The molecule has 1 heterocycles. The van der Waals surface area contributed by atoms with Gasteiger partial charge < -0.3 is 4.90 Å². The molecule has 0 amide bonds. The van der Waals surface area contributed by atoms with Crippen LogP contribution < -0.4 is 4.90 Å². The molecule has 0 N–H and O–H groups in total. The maximum absolute atomic E-state index is 4.31. The van der Waals surface area contributed by atoms with Gasteiger partial charge in [-0.2, -0.15) is 0 Å². The average Bonchev–Trinajstić information content (AvgIpc) is 2.85. The van der Waals surface area contributed by atoms with Crippen molar-refractivity contribution in [2.45, 2.75) is 13.8 Å². The summed E-state index contributed by atoms with van der Waals surface area (Å²) < 4.78 is 0. The summed E-state index contributed by atoms with van der Waals surface area (Å²) in [7, 11) is 0. The molecule has 0 atom stereocenters. The SMILES string of the molecule is CCN(CC)c1ccc(-c2cscn2)cc1. The summed E-state index contributed by atoms with van der Waals surface area (Å²) in [5.41, 5.74) is 5.41. The lowest BCUT2D eigenvalue weighted by atomic mass is 10.1. The van der Waals surface area contributed by atoms with E-state index in [1.807, 2.05) is 5.51 Å². The van der Waals surface area contributed by atoms with Gasteiger partial charge in [-0.1, -0.05) is 12.1 Å². The minimum atomic E-state index is 1.05. The minimum Gasteiger partial charge on any atom is -0.372 e. The fourth-order valence-corrected chi connectivity index (χ4v) is 2.35. The van der Waals surface area contributed by atoms with Crippen LogP contribution in [0.1, 0.15) is 13.8 Å². The highest BCUT2D eigenvalue weighted by atomic mass is 32.1. The number of anilines is 1. The molecule has 0 bridgehead atoms. The second-order valence-electron chi connectivity index (χ2n) is 3.59. The van der Waals surface area contributed by atoms with Crippen LogP contribution in [0.4, 0.5) is 5.69 Å². The van der Waals surface area contributed by atoms with E-state index in [0.29, 0.717) is 0 Å². The molecule has 0 aliphatic heterocycles. The normalized spacial score (nSPS) is 10.4. The van der Waals surface area contributed by atoms with Gasteiger partial charge in [-0.05, 0) is 26.0 Å². The molecule has 0 aliphatic carbocycles. The van der Waals surface area contributed by atoms with E-state index in [1.165, 1.54) is 11.3 Å². The van der Waals surface area contributed by atoms with E-state index in [-0.39, 0.29) is 0 Å². The van der Waals surface area contributed by atoms with E-state index in [2.05, 4.69) is 53.4 Å². The summed E-state index contributed by atoms with van der Waals surface area (Å²) in [6, 6.07) is 8.62. The van der Waals surface area contributed by atoms with Crippen LogP contribution in [0.5, 0.6) is 0 Å². The van der Waals surface area contributed by atoms with Crippen LogP contribution in [0.2, 0.25) is 0 Å². The number of aromatic nitrogens is 1. The lowest BCUT2D eigenvalue weighted by Gasteiger charge is -2.20. The summed E-state index contributed by atoms with van der Waals surface area (Å²) in [6.07, 6.45) is 0. The smallest absolute Gasteiger partial charge is 0.0811 e. The zero-order valence-electron chi connectivity index (χ0n) is 9.68. The Kier molecular flexibility index (Phi) is 3.57. The molecule has 84 valence electrons. The molecule has 0 aliphatic rings. The quantitative estimate of drug-likeness (QED) is 0.799. The summed E-state index contributed by atoms with van der Waals surface area (Å²) in [5, 5.41) is 2.08. The predicted molar refractivity (Wildman–Crippen MR) is 71.1 cm³/mol. The molecule has 1 aromatic heterocycles. The summed E-state index contributed by atoms with van der Waals surface area (Å²) in [4.78, 5) is 6.64. The number of hydrogen-bond donors (Lipinski definition) is 0. The topological polar surface area (TPSA) is 16.1 Å². The van der Waals surface area contributed by atoms with Gasteiger partial charge in [0.1, 0.15) is 0 Å². The van der Waals surface area contributed by atoms with Crippen LogP contribution in [0.25, 0.3) is 11.3 Å². The molecule has 0 saturated heterocycles. The molecule has 0 unspecified atom stereocenters. The molecule has 0 fully saturated rings. The molecule has 0 spiro atoms. The molecule has 2 aromatic rings. The Morgan fingerprint density at radius 2 is 1.81 bits per heavy atom. The number of thiazole rings is 1. The van der Waals surface area contributed by atoms with Crippen molar-refractivity contribution in [3.8, 4) is 11.3 Å². The fourth-order valence-electron chi connectivity index (χ4n) is 1.79. The summed E-state index contributed by atoms with van der Waals surface area (Å²) in [6.45, 7) is 6.45. The van der Waals surface area contributed by atoms with Crippen LogP contribution in [0.15, 0.2) is 35.2 Å². The highest BCUT2D eigenvalue weighted by molar-refractivity contribution is 7.07. The first-order valence-corrected chi connectivity index (χ1v) is 6.53. The third-order valence-corrected chi connectivity index (χ3v) is 3.31. The second kappa shape index (κ2) is 5.12. The van der Waals surface area contributed by atoms with Gasteiger partial charge in [0, 0.05) is 29.7 Å². The van der Waals surface area contributed by atoms with E-state index >= 15 is 0 Å². The highest BCUT2D eigenvalue weighted by Gasteiger charge is 2.03. The van der Waals surface area contributed by atoms with Gasteiger partial charge in [0.05, 0.1) is 11.2 Å². The van der Waals surface area contributed by atoms with E-state index in [9.17, 15) is 0 Å². The molecular weight excluding hydrogens is 216 g/mol. The van der Waals surface area contributed by atoms with Crippen LogP contribution in [0.3, 0.4) is 0 Å². The largest absolute Gasteiger partial charge is 0.372 e. The Hall–Kier alpha value is -1.35. The molecule has 2 nitrogen and oxygen atoms in total. The van der Waals surface area contributed by atoms with E-state index in [4.69, 9.17) is 0 Å². The second-order valence-corrected chi connectivity index (χ2v) is 4.31. The Bertz CT molecular complexity index is 416. The minimum absolute atomic E-state index is 1.05. The monoisotopic (exact) mass is 232 g/mol. The Balaban J connectivity index is 2.22. The number of hydrogen-bond acceptors (Lipinski definition) is 3. The van der Waals surface area contributed by atoms with Crippen LogP contribution in [0, 0.1) is 0 Å². The predicted octanol–water partition coefficient (Wildman–Crippen LogP) is 3.66. The van der Waals surface area contributed by atoms with Gasteiger partial charge in [0.2, 0.25) is 0 Å². The third kappa shape index (κ3) is 2.25. The first-order valence-electron chi connectivity index (χ1n) is 5.58. The first-order chi connectivity index (χ1) is 7.85. The first kappa shape index (κ1) is 11.1. The van der Waals surface area contributed by atoms with E-state index in [1.54, 1.807) is 11.3 Å². The number of benzene rings is 1. The number of rotatable bonds is 4. The molecule has 2 rings (SSSR count). The van der Waals surface area contributed by atoms with Gasteiger partial charge >= 0.3 is 0 Å². The Labute approximate surface area is 101 Å². The third-order valence-electron chi connectivity index (χ3n) is 2.72. The zero-order valence-corrected chi connectivity index (χ0v) is 10.5. The van der Waals surface area contributed by atoms with Crippen molar-refractivity contribution in [3.05, 3.63) is 35.2 Å². The summed E-state index contributed by atoms with van der Waals surface area (Å²) >= 11 is 1.63. The standard InChI is InChI=1S/C13H16N2S/c1-3-15(4-2)12-7-5-11(6-8-12)13-9-16-10-14-13/h5-10H,3-4H2,1-2H3. The lowest BCUT2D eigenvalue weighted by Crippen LogP contribution is -2.21. The van der Waals surface area contributed by atoms with Gasteiger partial charge in [-0.15, -0.1) is 11.3 Å². The van der Waals surface area contributed by atoms with Gasteiger partial charge in [0.25, 0.3) is 0 Å². The van der Waals surface area contributed by atoms with Crippen molar-refractivity contribution in [2.75, 3.05) is 18.0 Å². The van der Waals surface area contributed by atoms with Crippen molar-refractivity contribution in [1.82, 2.24) is 4.98 Å². The van der Waals surface area contributed by atoms with Gasteiger partial charge in [0.15, 0.2) is 0 Å². The molecular formula is C13H16N2S. The molecule has 0 radical (unpaired) electrons. The Morgan fingerprint density at radius 1 is 1.12 bits per heavy atom. The maximum Gasteiger partial charge on any atom is 0.0811 e. The van der Waals surface area contributed by atoms with Crippen molar-refractivity contribution in [3.63, 3.8) is 0 Å². The van der Waals surface area contributed by atoms with Gasteiger partial charge in [-0.25, -0.2) is 4.98 Å². The molecule has 16 heavy (non-hydrogen) atoms. The van der Waals surface area contributed by atoms with E-state index in [0.717, 1.165) is 18.8 Å². The molecule has 3 heteroatoms. The molecule has 1 aromatic carbocycles. The van der Waals surface area contributed by atoms with Crippen LogP contribution in [-0.2, 0) is 0 Å². The fraction of sp³-hybridized carbons (Fsp3) is 0.308. The highest BCUT2D eigenvalue weighted by Crippen LogP contribution is 2.22. The van der Waals surface area contributed by atoms with Gasteiger partial charge in [-0.3, -0.25) is 0 Å². The van der Waals surface area contributed by atoms with Crippen LogP contribution in [-0.4, -0.2) is 18.1 Å². The van der Waals surface area contributed by atoms with Crippen molar-refractivity contribution >= 4 is 17.0 Å². The van der Waals surface area contributed by atoms with Crippen molar-refractivity contribution < 1.29 is 0 Å². The average molecular weight is 232 g/mol. The lowest BCUT2D eigenvalue weighted by molar-refractivity contribution is 0.866. The van der Waals surface area contributed by atoms with Crippen molar-refractivity contribution in [2.24, 2.45) is 0 Å². The Morgan fingerprint density at radius 3 is 2.31 bits per heavy atom. The summed E-state index contributed by atoms with van der Waals surface area (Å²) in [5.74, 6) is 0. The van der Waals surface area contributed by atoms with Crippen LogP contribution >= 0.6 is 11.3 Å². The van der Waals surface area contributed by atoms with E-state index < -0.39 is 0 Å².